The molecule has 1 aromatic carbocycles. The second kappa shape index (κ2) is 6.50. The van der Waals surface area contributed by atoms with Crippen molar-refractivity contribution in [3.8, 4) is 0 Å². The molecule has 6 nitrogen and oxygen atoms in total. The fourth-order valence-corrected chi connectivity index (χ4v) is 6.70. The number of sulfone groups is 2. The zero-order valence-electron chi connectivity index (χ0n) is 11.6. The predicted molar refractivity (Wildman–Crippen MR) is 83.1 cm³/mol. The van der Waals surface area contributed by atoms with E-state index in [1.807, 2.05) is 0 Å². The fourth-order valence-electron chi connectivity index (χ4n) is 2.50. The molecular formula is C13H15ClN2O4S2. The molecule has 0 saturated heterocycles. The number of benzene rings is 1. The third-order valence-corrected chi connectivity index (χ3v) is 8.63. The minimum atomic E-state index is -4.42. The Labute approximate surface area is 134 Å². The quantitative estimate of drug-likeness (QED) is 0.348. The van der Waals surface area contributed by atoms with Crippen molar-refractivity contribution in [2.75, 3.05) is 0 Å². The maximum absolute atomic E-state index is 12.5. The first-order chi connectivity index (χ1) is 10.3. The fraction of sp³-hybridized carbons (Fsp3) is 0.462. The molecule has 0 N–H and O–H groups in total. The lowest BCUT2D eigenvalue weighted by Crippen LogP contribution is -2.35. The van der Waals surface area contributed by atoms with Gasteiger partial charge in [0.25, 0.3) is 19.7 Å². The Hall–Kier alpha value is -1.21. The summed E-state index contributed by atoms with van der Waals surface area (Å²) in [5.41, 5.74) is 9.05. The Kier molecular flexibility index (Phi) is 5.07. The molecule has 1 fully saturated rings. The van der Waals surface area contributed by atoms with E-state index in [1.165, 1.54) is 24.3 Å². The van der Waals surface area contributed by atoms with Crippen LogP contribution in [0.1, 0.15) is 32.1 Å². The maximum atomic E-state index is 12.5. The predicted octanol–water partition coefficient (Wildman–Crippen LogP) is 2.45. The number of nitrogens with zero attached hydrogens (tertiary/aromatic N) is 2. The summed E-state index contributed by atoms with van der Waals surface area (Å²) in [5.74, 6) is 0. The molecule has 0 heterocycles. The molecule has 1 aliphatic rings. The van der Waals surface area contributed by atoms with Gasteiger partial charge in [0.15, 0.2) is 0 Å². The van der Waals surface area contributed by atoms with E-state index in [2.05, 4.69) is 4.79 Å². The Morgan fingerprint density at radius 2 is 1.59 bits per heavy atom. The van der Waals surface area contributed by atoms with Gasteiger partial charge in [0.2, 0.25) is 0 Å². The van der Waals surface area contributed by atoms with Crippen molar-refractivity contribution in [2.24, 2.45) is 0 Å². The molecule has 2 rings (SSSR count). The summed E-state index contributed by atoms with van der Waals surface area (Å²) in [6, 6.07) is 5.02. The third-order valence-electron chi connectivity index (χ3n) is 3.67. The molecule has 0 radical (unpaired) electrons. The van der Waals surface area contributed by atoms with Gasteiger partial charge in [-0.15, -0.1) is 4.79 Å². The lowest BCUT2D eigenvalue weighted by molar-refractivity contribution is 0.00370. The van der Waals surface area contributed by atoms with Gasteiger partial charge in [-0.25, -0.2) is 16.8 Å². The number of hydrogen-bond donors (Lipinski definition) is 0. The Bertz CT molecular complexity index is 804. The lowest BCUT2D eigenvalue weighted by atomic mass is 10.0. The summed E-state index contributed by atoms with van der Waals surface area (Å²) in [7, 11) is -8.63. The second-order valence-corrected chi connectivity index (χ2v) is 9.83. The van der Waals surface area contributed by atoms with Crippen molar-refractivity contribution in [3.05, 3.63) is 34.8 Å². The highest BCUT2D eigenvalue weighted by Gasteiger charge is 2.47. The standard InChI is InChI=1S/C13H15ClN2O4S2/c14-10-6-8-12(9-7-10)22(19,20)13(16-15)21(17,18)11-4-2-1-3-5-11/h6-9,11H,1-5H2. The normalized spacial score (nSPS) is 17.0. The van der Waals surface area contributed by atoms with Crippen molar-refractivity contribution in [2.45, 2.75) is 42.2 Å². The molecule has 0 aliphatic heterocycles. The van der Waals surface area contributed by atoms with Gasteiger partial charge in [-0.1, -0.05) is 30.9 Å². The van der Waals surface area contributed by atoms with Crippen LogP contribution in [0.4, 0.5) is 0 Å². The summed E-state index contributed by atoms with van der Waals surface area (Å²) >= 11 is 5.69. The van der Waals surface area contributed by atoms with Crippen LogP contribution in [-0.2, 0) is 19.7 Å². The number of hydrogen-bond acceptors (Lipinski definition) is 4. The summed E-state index contributed by atoms with van der Waals surface area (Å²) in [6.45, 7) is 0. The van der Waals surface area contributed by atoms with Gasteiger partial charge >= 0.3 is 4.38 Å². The van der Waals surface area contributed by atoms with Crippen LogP contribution in [0.5, 0.6) is 0 Å². The van der Waals surface area contributed by atoms with E-state index in [0.717, 1.165) is 6.42 Å². The van der Waals surface area contributed by atoms with E-state index in [4.69, 9.17) is 17.1 Å². The van der Waals surface area contributed by atoms with Crippen molar-refractivity contribution >= 4 is 35.7 Å². The monoisotopic (exact) mass is 362 g/mol. The Balaban J connectivity index is 2.47. The van der Waals surface area contributed by atoms with Crippen LogP contribution in [0.25, 0.3) is 5.53 Å². The maximum Gasteiger partial charge on any atom is 0.499 e. The average molecular weight is 363 g/mol. The highest BCUT2D eigenvalue weighted by molar-refractivity contribution is 8.31. The zero-order valence-corrected chi connectivity index (χ0v) is 14.0. The highest BCUT2D eigenvalue weighted by atomic mass is 35.5. The van der Waals surface area contributed by atoms with Gasteiger partial charge in [0.05, 0.1) is 10.1 Å². The molecule has 0 unspecified atom stereocenters. The van der Waals surface area contributed by atoms with Crippen LogP contribution in [0, 0.1) is 0 Å². The average Bonchev–Trinajstić information content (AvgIpc) is 2.48. The first-order valence-electron chi connectivity index (χ1n) is 6.77. The van der Waals surface area contributed by atoms with Crippen LogP contribution < -0.4 is 0 Å². The van der Waals surface area contributed by atoms with E-state index in [1.54, 1.807) is 0 Å². The molecule has 0 bridgehead atoms. The largest absolute Gasteiger partial charge is 0.499 e. The number of halogens is 1. The van der Waals surface area contributed by atoms with Crippen LogP contribution in [0.3, 0.4) is 0 Å². The summed E-state index contributed by atoms with van der Waals surface area (Å²) in [5, 5.41) is -0.509. The van der Waals surface area contributed by atoms with Gasteiger partial charge in [-0.3, -0.25) is 0 Å². The third kappa shape index (κ3) is 3.25. The molecule has 0 aromatic heterocycles. The topological polar surface area (TPSA) is 105 Å². The summed E-state index contributed by atoms with van der Waals surface area (Å²) < 4.78 is 48.7. The second-order valence-electron chi connectivity index (χ2n) is 5.13. The summed E-state index contributed by atoms with van der Waals surface area (Å²) in [6.07, 6.45) is 3.09. The van der Waals surface area contributed by atoms with Crippen molar-refractivity contribution in [1.29, 1.82) is 0 Å². The molecule has 1 aliphatic carbocycles. The molecule has 0 spiro atoms. The van der Waals surface area contributed by atoms with Crippen molar-refractivity contribution < 1.29 is 21.6 Å². The smallest absolute Gasteiger partial charge is 0.359 e. The van der Waals surface area contributed by atoms with Crippen LogP contribution in [-0.4, -0.2) is 31.3 Å². The minimum Gasteiger partial charge on any atom is -0.359 e. The molecule has 9 heteroatoms. The Morgan fingerprint density at radius 1 is 1.05 bits per heavy atom. The molecule has 120 valence electrons. The van der Waals surface area contributed by atoms with Crippen molar-refractivity contribution in [3.63, 3.8) is 0 Å². The zero-order chi connectivity index (χ0) is 16.4. The van der Waals surface area contributed by atoms with Crippen LogP contribution >= 0.6 is 11.6 Å². The van der Waals surface area contributed by atoms with Gasteiger partial charge in [0, 0.05) is 5.02 Å². The molecule has 0 atom stereocenters. The molecule has 0 amide bonds. The minimum absolute atomic E-state index is 0.274. The lowest BCUT2D eigenvalue weighted by Gasteiger charge is -2.19. The highest BCUT2D eigenvalue weighted by Crippen LogP contribution is 2.27. The van der Waals surface area contributed by atoms with Gasteiger partial charge < -0.3 is 5.53 Å². The van der Waals surface area contributed by atoms with Gasteiger partial charge in [-0.2, -0.15) is 0 Å². The van der Waals surface area contributed by atoms with Gasteiger partial charge in [0.1, 0.15) is 0 Å². The molecule has 22 heavy (non-hydrogen) atoms. The number of rotatable bonds is 2. The van der Waals surface area contributed by atoms with E-state index in [-0.39, 0.29) is 4.90 Å². The Morgan fingerprint density at radius 3 is 2.09 bits per heavy atom. The molecular weight excluding hydrogens is 348 g/mol. The van der Waals surface area contributed by atoms with Crippen LogP contribution in [0.15, 0.2) is 29.2 Å². The molecule has 1 saturated carbocycles. The van der Waals surface area contributed by atoms with E-state index in [9.17, 15) is 16.8 Å². The SMILES string of the molecule is [N-]=[N+]=C(S(=O)(=O)c1ccc(Cl)cc1)S(=O)(=O)C1CCCCC1. The van der Waals surface area contributed by atoms with E-state index in [0.29, 0.717) is 30.7 Å². The van der Waals surface area contributed by atoms with E-state index < -0.39 is 29.3 Å². The molecule has 1 aromatic rings. The van der Waals surface area contributed by atoms with Crippen molar-refractivity contribution in [1.82, 2.24) is 0 Å². The first-order valence-corrected chi connectivity index (χ1v) is 10.2. The summed E-state index contributed by atoms with van der Waals surface area (Å²) in [4.78, 5) is 2.34. The van der Waals surface area contributed by atoms with Crippen LogP contribution in [0.2, 0.25) is 5.02 Å². The van der Waals surface area contributed by atoms with E-state index >= 15 is 0 Å². The first kappa shape index (κ1) is 17.1. The van der Waals surface area contributed by atoms with Gasteiger partial charge in [-0.05, 0) is 37.1 Å².